The summed E-state index contributed by atoms with van der Waals surface area (Å²) in [5, 5.41) is 0. The van der Waals surface area contributed by atoms with Gasteiger partial charge in [0.15, 0.2) is 0 Å². The SMILES string of the molecule is CC[C@@H]1O[C@H](CN2CCCCCCCCC2)[C@@H](C)[C@@]1(C)C(C)C. The van der Waals surface area contributed by atoms with Crippen molar-refractivity contribution in [2.45, 2.75) is 98.2 Å². The fourth-order valence-electron chi connectivity index (χ4n) is 4.91. The first kappa shape index (κ1) is 19.2. The molecule has 0 aromatic carbocycles. The average Bonchev–Trinajstić information content (AvgIpc) is 2.79. The lowest BCUT2D eigenvalue weighted by atomic mass is 9.66. The molecule has 0 aromatic rings. The molecule has 2 heterocycles. The second-order valence-corrected chi connectivity index (χ2v) is 8.66. The average molecular weight is 324 g/mol. The minimum absolute atomic E-state index is 0.330. The van der Waals surface area contributed by atoms with E-state index in [1.54, 1.807) is 0 Å². The van der Waals surface area contributed by atoms with Crippen molar-refractivity contribution < 1.29 is 4.74 Å². The quantitative estimate of drug-likeness (QED) is 0.676. The molecule has 0 amide bonds. The Labute approximate surface area is 145 Å². The monoisotopic (exact) mass is 323 g/mol. The Balaban J connectivity index is 1.97. The van der Waals surface area contributed by atoms with E-state index >= 15 is 0 Å². The second kappa shape index (κ2) is 8.85. The van der Waals surface area contributed by atoms with E-state index in [0.29, 0.717) is 29.5 Å². The summed E-state index contributed by atoms with van der Waals surface area (Å²) in [5.74, 6) is 1.34. The second-order valence-electron chi connectivity index (χ2n) is 8.66. The summed E-state index contributed by atoms with van der Waals surface area (Å²) in [4.78, 5) is 2.71. The Morgan fingerprint density at radius 1 is 1.00 bits per heavy atom. The van der Waals surface area contributed by atoms with Gasteiger partial charge in [0.05, 0.1) is 12.2 Å². The molecule has 2 fully saturated rings. The number of rotatable bonds is 4. The molecule has 2 aliphatic heterocycles. The molecule has 0 aliphatic carbocycles. The maximum Gasteiger partial charge on any atom is 0.0737 e. The van der Waals surface area contributed by atoms with E-state index in [9.17, 15) is 0 Å². The molecule has 136 valence electrons. The molecular formula is C21H41NO. The number of nitrogens with zero attached hydrogens (tertiary/aromatic N) is 1. The van der Waals surface area contributed by atoms with Crippen LogP contribution < -0.4 is 0 Å². The van der Waals surface area contributed by atoms with Crippen LogP contribution in [-0.4, -0.2) is 36.7 Å². The van der Waals surface area contributed by atoms with Gasteiger partial charge in [-0.15, -0.1) is 0 Å². The van der Waals surface area contributed by atoms with Crippen molar-refractivity contribution in [1.82, 2.24) is 4.90 Å². The van der Waals surface area contributed by atoms with Gasteiger partial charge in [0.2, 0.25) is 0 Å². The van der Waals surface area contributed by atoms with E-state index in [2.05, 4.69) is 39.5 Å². The largest absolute Gasteiger partial charge is 0.373 e. The van der Waals surface area contributed by atoms with Crippen LogP contribution in [0.15, 0.2) is 0 Å². The van der Waals surface area contributed by atoms with E-state index in [0.717, 1.165) is 13.0 Å². The number of hydrogen-bond donors (Lipinski definition) is 0. The predicted octanol–water partition coefficient (Wildman–Crippen LogP) is 5.51. The van der Waals surface area contributed by atoms with Gasteiger partial charge in [0, 0.05) is 12.0 Å². The van der Waals surface area contributed by atoms with Crippen molar-refractivity contribution >= 4 is 0 Å². The van der Waals surface area contributed by atoms with Crippen LogP contribution in [0.1, 0.15) is 86.0 Å². The number of hydrogen-bond acceptors (Lipinski definition) is 2. The molecule has 0 aromatic heterocycles. The molecule has 2 heteroatoms. The van der Waals surface area contributed by atoms with Crippen LogP contribution in [0, 0.1) is 17.3 Å². The van der Waals surface area contributed by atoms with Crippen molar-refractivity contribution in [3.05, 3.63) is 0 Å². The van der Waals surface area contributed by atoms with Crippen LogP contribution in [0.25, 0.3) is 0 Å². The van der Waals surface area contributed by atoms with Crippen molar-refractivity contribution in [1.29, 1.82) is 0 Å². The van der Waals surface area contributed by atoms with Crippen molar-refractivity contribution in [3.8, 4) is 0 Å². The molecule has 0 radical (unpaired) electrons. The van der Waals surface area contributed by atoms with Gasteiger partial charge < -0.3 is 9.64 Å². The van der Waals surface area contributed by atoms with Gasteiger partial charge >= 0.3 is 0 Å². The Hall–Kier alpha value is -0.0800. The highest BCUT2D eigenvalue weighted by Crippen LogP contribution is 2.49. The standard InChI is InChI=1S/C21H41NO/c1-6-20-21(5,17(2)3)18(4)19(23-20)16-22-14-12-10-8-7-9-11-13-15-22/h17-20H,6-16H2,1-5H3/t18-,19-,20+,21-/m1/s1. The minimum atomic E-state index is 0.330. The van der Waals surface area contributed by atoms with Gasteiger partial charge in [0.25, 0.3) is 0 Å². The molecule has 0 spiro atoms. The van der Waals surface area contributed by atoms with Crippen LogP contribution in [0.5, 0.6) is 0 Å². The van der Waals surface area contributed by atoms with Gasteiger partial charge in [-0.2, -0.15) is 0 Å². The normalized spacial score (nSPS) is 38.1. The highest BCUT2D eigenvalue weighted by molar-refractivity contribution is 4.99. The summed E-state index contributed by atoms with van der Waals surface area (Å²) in [5.41, 5.74) is 0.330. The van der Waals surface area contributed by atoms with Crippen LogP contribution in [0.4, 0.5) is 0 Å². The van der Waals surface area contributed by atoms with Gasteiger partial charge in [0.1, 0.15) is 0 Å². The van der Waals surface area contributed by atoms with Crippen molar-refractivity contribution in [2.75, 3.05) is 19.6 Å². The van der Waals surface area contributed by atoms with Gasteiger partial charge in [-0.1, -0.05) is 66.7 Å². The third kappa shape index (κ3) is 4.51. The van der Waals surface area contributed by atoms with Crippen LogP contribution in [0.2, 0.25) is 0 Å². The van der Waals surface area contributed by atoms with Gasteiger partial charge in [-0.25, -0.2) is 0 Å². The fourth-order valence-corrected chi connectivity index (χ4v) is 4.91. The van der Waals surface area contributed by atoms with E-state index in [4.69, 9.17) is 4.74 Å². The molecule has 0 saturated carbocycles. The molecule has 2 nitrogen and oxygen atoms in total. The third-order valence-electron chi connectivity index (χ3n) is 7.07. The zero-order chi connectivity index (χ0) is 16.9. The van der Waals surface area contributed by atoms with E-state index < -0.39 is 0 Å². The molecule has 0 N–H and O–H groups in total. The predicted molar refractivity (Wildman–Crippen MR) is 99.8 cm³/mol. The van der Waals surface area contributed by atoms with E-state index in [1.807, 2.05) is 0 Å². The maximum atomic E-state index is 6.59. The highest BCUT2D eigenvalue weighted by Gasteiger charge is 2.51. The molecule has 0 unspecified atom stereocenters. The Bertz CT molecular complexity index is 333. The van der Waals surface area contributed by atoms with Crippen LogP contribution in [-0.2, 0) is 4.74 Å². The zero-order valence-corrected chi connectivity index (χ0v) is 16.4. The van der Waals surface area contributed by atoms with Gasteiger partial charge in [-0.05, 0) is 44.2 Å². The molecular weight excluding hydrogens is 282 g/mol. The topological polar surface area (TPSA) is 12.5 Å². The smallest absolute Gasteiger partial charge is 0.0737 e. The summed E-state index contributed by atoms with van der Waals surface area (Å²) < 4.78 is 6.59. The third-order valence-corrected chi connectivity index (χ3v) is 7.07. The first-order valence-corrected chi connectivity index (χ1v) is 10.4. The lowest BCUT2D eigenvalue weighted by Gasteiger charge is -2.38. The molecule has 2 saturated heterocycles. The van der Waals surface area contributed by atoms with Gasteiger partial charge in [-0.3, -0.25) is 0 Å². The van der Waals surface area contributed by atoms with Crippen LogP contribution >= 0.6 is 0 Å². The lowest BCUT2D eigenvalue weighted by Crippen LogP contribution is -2.40. The molecule has 2 aliphatic rings. The Kier molecular flexibility index (Phi) is 7.41. The van der Waals surface area contributed by atoms with Crippen LogP contribution in [0.3, 0.4) is 0 Å². The highest BCUT2D eigenvalue weighted by atomic mass is 16.5. The summed E-state index contributed by atoms with van der Waals surface area (Å²) in [6.45, 7) is 15.7. The van der Waals surface area contributed by atoms with E-state index in [-0.39, 0.29) is 0 Å². The first-order chi connectivity index (χ1) is 11.0. The summed E-state index contributed by atoms with van der Waals surface area (Å²) in [7, 11) is 0. The maximum absolute atomic E-state index is 6.59. The summed E-state index contributed by atoms with van der Waals surface area (Å²) >= 11 is 0. The summed E-state index contributed by atoms with van der Waals surface area (Å²) in [6.07, 6.45) is 11.9. The Morgan fingerprint density at radius 2 is 1.52 bits per heavy atom. The molecule has 23 heavy (non-hydrogen) atoms. The fraction of sp³-hybridized carbons (Fsp3) is 1.00. The first-order valence-electron chi connectivity index (χ1n) is 10.4. The number of ether oxygens (including phenoxy) is 1. The molecule has 0 bridgehead atoms. The Morgan fingerprint density at radius 3 is 1.96 bits per heavy atom. The van der Waals surface area contributed by atoms with Crippen molar-refractivity contribution in [3.63, 3.8) is 0 Å². The lowest BCUT2D eigenvalue weighted by molar-refractivity contribution is -0.0109. The minimum Gasteiger partial charge on any atom is -0.373 e. The van der Waals surface area contributed by atoms with E-state index in [1.165, 1.54) is 58.0 Å². The molecule has 2 rings (SSSR count). The summed E-state index contributed by atoms with van der Waals surface area (Å²) in [6, 6.07) is 0. The van der Waals surface area contributed by atoms with Crippen molar-refractivity contribution in [2.24, 2.45) is 17.3 Å². The molecule has 4 atom stereocenters. The zero-order valence-electron chi connectivity index (χ0n) is 16.4.